The highest BCUT2D eigenvalue weighted by molar-refractivity contribution is 7.92. The highest BCUT2D eigenvalue weighted by atomic mass is 32.2. The van der Waals surface area contributed by atoms with E-state index in [0.717, 1.165) is 64.8 Å². The summed E-state index contributed by atoms with van der Waals surface area (Å²) < 4.78 is 31.3. The lowest BCUT2D eigenvalue weighted by molar-refractivity contribution is 0.102. The fourth-order valence-corrected chi connectivity index (χ4v) is 7.91. The third-order valence-electron chi connectivity index (χ3n) is 7.37. The molecule has 8 nitrogen and oxygen atoms in total. The first kappa shape index (κ1) is 24.1. The second-order valence-corrected chi connectivity index (χ2v) is 12.7. The number of fused-ring (bicyclic) bond motifs is 3. The zero-order valence-electron chi connectivity index (χ0n) is 21.0. The van der Waals surface area contributed by atoms with E-state index in [1.165, 1.54) is 27.8 Å². The monoisotopic (exact) mass is 555 g/mol. The topological polar surface area (TPSA) is 97.2 Å². The number of anilines is 2. The number of carbonyl (C=O) groups is 1. The summed E-state index contributed by atoms with van der Waals surface area (Å²) in [7, 11) is -3.75. The van der Waals surface area contributed by atoms with E-state index in [2.05, 4.69) is 5.32 Å². The van der Waals surface area contributed by atoms with Crippen molar-refractivity contribution in [2.75, 3.05) is 16.2 Å². The number of thiazole rings is 1. The number of aryl methyl sites for hydroxylation is 2. The molecule has 1 aliphatic carbocycles. The van der Waals surface area contributed by atoms with Gasteiger partial charge in [0.25, 0.3) is 15.9 Å². The Morgan fingerprint density at radius 1 is 0.897 bits per heavy atom. The predicted molar refractivity (Wildman–Crippen MR) is 152 cm³/mol. The Morgan fingerprint density at radius 2 is 1.69 bits per heavy atom. The van der Waals surface area contributed by atoms with E-state index in [4.69, 9.17) is 10.1 Å². The number of nitrogens with zero attached hydrogens (tertiary/aromatic N) is 4. The average Bonchev–Trinajstić information content (AvgIpc) is 3.68. The van der Waals surface area contributed by atoms with Gasteiger partial charge in [-0.1, -0.05) is 41.7 Å². The first-order valence-corrected chi connectivity index (χ1v) is 15.2. The molecule has 39 heavy (non-hydrogen) atoms. The number of rotatable bonds is 5. The molecule has 3 heterocycles. The molecule has 0 spiro atoms. The largest absolute Gasteiger partial charge is 0.306 e. The molecular weight excluding hydrogens is 530 g/mol. The molecule has 0 fully saturated rings. The van der Waals surface area contributed by atoms with Crippen LogP contribution in [0.5, 0.6) is 0 Å². The quantitative estimate of drug-likeness (QED) is 0.315. The van der Waals surface area contributed by atoms with E-state index in [1.807, 2.05) is 48.5 Å². The van der Waals surface area contributed by atoms with Crippen molar-refractivity contribution >= 4 is 49.0 Å². The van der Waals surface area contributed by atoms with Crippen molar-refractivity contribution in [3.05, 3.63) is 95.2 Å². The van der Waals surface area contributed by atoms with E-state index >= 15 is 0 Å². The minimum atomic E-state index is -3.75. The van der Waals surface area contributed by atoms with Gasteiger partial charge < -0.3 is 5.32 Å². The van der Waals surface area contributed by atoms with E-state index in [-0.39, 0.29) is 10.8 Å². The Bertz CT molecular complexity index is 1810. The van der Waals surface area contributed by atoms with Crippen LogP contribution in [0.25, 0.3) is 15.3 Å². The summed E-state index contributed by atoms with van der Waals surface area (Å²) in [5.74, 6) is 0.312. The molecule has 7 rings (SSSR count). The second kappa shape index (κ2) is 9.32. The van der Waals surface area contributed by atoms with Gasteiger partial charge in [-0.2, -0.15) is 9.78 Å². The van der Waals surface area contributed by atoms with Gasteiger partial charge in [-0.05, 0) is 80.1 Å². The van der Waals surface area contributed by atoms with Crippen molar-refractivity contribution in [3.63, 3.8) is 0 Å². The SMILES string of the molecule is O=C(Nc1c2c(nn1-c1nc3ccccc3s1)CCC2)c1ccc(S(=O)(=O)N2CCCc3ccccc32)cc1. The molecule has 0 unspecified atom stereocenters. The predicted octanol–water partition coefficient (Wildman–Crippen LogP) is 5.36. The van der Waals surface area contributed by atoms with Crippen LogP contribution in [0.1, 0.15) is 40.0 Å². The molecule has 2 aromatic heterocycles. The molecular formula is C29H25N5O3S2. The van der Waals surface area contributed by atoms with Crippen LogP contribution in [0.2, 0.25) is 0 Å². The molecule has 10 heteroatoms. The highest BCUT2D eigenvalue weighted by Crippen LogP contribution is 2.35. The minimum Gasteiger partial charge on any atom is -0.306 e. The maximum atomic E-state index is 13.5. The van der Waals surface area contributed by atoms with Crippen LogP contribution in [-0.4, -0.2) is 35.6 Å². The van der Waals surface area contributed by atoms with Gasteiger partial charge in [-0.3, -0.25) is 9.10 Å². The van der Waals surface area contributed by atoms with Crippen LogP contribution in [0, 0.1) is 0 Å². The average molecular weight is 556 g/mol. The Balaban J connectivity index is 1.17. The molecule has 196 valence electrons. The first-order valence-electron chi connectivity index (χ1n) is 13.0. The van der Waals surface area contributed by atoms with Crippen LogP contribution < -0.4 is 9.62 Å². The van der Waals surface area contributed by atoms with Crippen LogP contribution in [0.4, 0.5) is 11.5 Å². The number of carbonyl (C=O) groups excluding carboxylic acids is 1. The van der Waals surface area contributed by atoms with E-state index < -0.39 is 10.0 Å². The standard InChI is InChI=1S/C29H25N5O3S2/c35-28(20-14-16-21(17-15-20)39(36,37)33-18-6-8-19-7-1-3-12-25(19)33)31-27-22-9-5-11-23(22)32-34(27)29-30-24-10-2-4-13-26(24)38-29/h1-4,7,10,12-17H,5-6,8-9,11,18H2,(H,31,35). The highest BCUT2D eigenvalue weighted by Gasteiger charge is 2.30. The smallest absolute Gasteiger partial charge is 0.264 e. The lowest BCUT2D eigenvalue weighted by Crippen LogP contribution is -2.35. The number of benzene rings is 3. The van der Waals surface area contributed by atoms with E-state index in [0.29, 0.717) is 23.1 Å². The van der Waals surface area contributed by atoms with Crippen LogP contribution in [0.15, 0.2) is 77.7 Å². The summed E-state index contributed by atoms with van der Waals surface area (Å²) >= 11 is 1.52. The van der Waals surface area contributed by atoms with E-state index in [1.54, 1.807) is 16.8 Å². The molecule has 3 aromatic carbocycles. The van der Waals surface area contributed by atoms with Gasteiger partial charge in [0.15, 0.2) is 0 Å². The van der Waals surface area contributed by atoms with Gasteiger partial charge in [-0.15, -0.1) is 0 Å². The number of nitrogens with one attached hydrogen (secondary N) is 1. The molecule has 1 N–H and O–H groups in total. The molecule has 1 amide bonds. The Morgan fingerprint density at radius 3 is 2.54 bits per heavy atom. The summed E-state index contributed by atoms with van der Waals surface area (Å²) in [5.41, 5.74) is 5.02. The molecule has 5 aromatic rings. The Labute approximate surface area is 230 Å². The number of hydrogen-bond acceptors (Lipinski definition) is 6. The number of sulfonamides is 1. The van der Waals surface area contributed by atoms with Crippen LogP contribution in [-0.2, 0) is 29.3 Å². The molecule has 0 bridgehead atoms. The molecule has 0 radical (unpaired) electrons. The summed E-state index contributed by atoms with van der Waals surface area (Å²) in [4.78, 5) is 18.3. The van der Waals surface area contributed by atoms with Crippen molar-refractivity contribution < 1.29 is 13.2 Å². The molecule has 0 saturated heterocycles. The van der Waals surface area contributed by atoms with Crippen LogP contribution >= 0.6 is 11.3 Å². The zero-order chi connectivity index (χ0) is 26.6. The number of amides is 1. The second-order valence-electron chi connectivity index (χ2n) is 9.79. The summed E-state index contributed by atoms with van der Waals surface area (Å²) in [6, 6.07) is 21.7. The summed E-state index contributed by atoms with van der Waals surface area (Å²) in [5, 5.41) is 8.54. The third-order valence-corrected chi connectivity index (χ3v) is 10.2. The van der Waals surface area contributed by atoms with Crippen molar-refractivity contribution in [1.82, 2.24) is 14.8 Å². The molecule has 0 saturated carbocycles. The maximum absolute atomic E-state index is 13.5. The van der Waals surface area contributed by atoms with Crippen molar-refractivity contribution in [1.29, 1.82) is 0 Å². The normalized spacial score (nSPS) is 14.8. The Kier molecular flexibility index (Phi) is 5.75. The van der Waals surface area contributed by atoms with Gasteiger partial charge in [0, 0.05) is 17.7 Å². The van der Waals surface area contributed by atoms with Gasteiger partial charge in [-0.25, -0.2) is 13.4 Å². The summed E-state index contributed by atoms with van der Waals surface area (Å²) in [6.07, 6.45) is 4.32. The summed E-state index contributed by atoms with van der Waals surface area (Å²) in [6.45, 7) is 0.433. The first-order chi connectivity index (χ1) is 19.0. The van der Waals surface area contributed by atoms with E-state index in [9.17, 15) is 13.2 Å². The maximum Gasteiger partial charge on any atom is 0.264 e. The van der Waals surface area contributed by atoms with Gasteiger partial charge in [0.2, 0.25) is 5.13 Å². The lowest BCUT2D eigenvalue weighted by Gasteiger charge is -2.30. The van der Waals surface area contributed by atoms with Crippen molar-refractivity contribution in [2.24, 2.45) is 0 Å². The molecule has 1 aliphatic heterocycles. The fourth-order valence-electron chi connectivity index (χ4n) is 5.44. The number of aromatic nitrogens is 3. The third kappa shape index (κ3) is 4.11. The Hall–Kier alpha value is -4.02. The van der Waals surface area contributed by atoms with Gasteiger partial charge in [0.05, 0.1) is 26.5 Å². The van der Waals surface area contributed by atoms with Crippen LogP contribution in [0.3, 0.4) is 0 Å². The fraction of sp³-hybridized carbons (Fsp3) is 0.207. The zero-order valence-corrected chi connectivity index (χ0v) is 22.6. The molecule has 2 aliphatic rings. The minimum absolute atomic E-state index is 0.163. The lowest BCUT2D eigenvalue weighted by atomic mass is 10.0. The van der Waals surface area contributed by atoms with Crippen molar-refractivity contribution in [2.45, 2.75) is 37.0 Å². The molecule has 0 atom stereocenters. The van der Waals surface area contributed by atoms with Gasteiger partial charge >= 0.3 is 0 Å². The number of para-hydroxylation sites is 2. The number of hydrogen-bond donors (Lipinski definition) is 1. The van der Waals surface area contributed by atoms with Crippen molar-refractivity contribution in [3.8, 4) is 5.13 Å². The van der Waals surface area contributed by atoms with Gasteiger partial charge in [0.1, 0.15) is 5.82 Å².